The van der Waals surface area contributed by atoms with Gasteiger partial charge in [-0.3, -0.25) is 9.59 Å². The predicted molar refractivity (Wildman–Crippen MR) is 97.5 cm³/mol. The maximum atomic E-state index is 12.8. The van der Waals surface area contributed by atoms with Crippen LogP contribution in [0.5, 0.6) is 0 Å². The number of aromatic nitrogens is 2. The first kappa shape index (κ1) is 16.0. The molecule has 3 aromatic rings. The van der Waals surface area contributed by atoms with E-state index in [9.17, 15) is 9.59 Å². The minimum absolute atomic E-state index is 0.00238. The van der Waals surface area contributed by atoms with Crippen molar-refractivity contribution >= 4 is 27.5 Å². The summed E-state index contributed by atoms with van der Waals surface area (Å²) in [5.41, 5.74) is 2.97. The summed E-state index contributed by atoms with van der Waals surface area (Å²) in [6.45, 7) is 0.968. The van der Waals surface area contributed by atoms with Gasteiger partial charge in [-0.15, -0.1) is 11.3 Å². The van der Waals surface area contributed by atoms with Gasteiger partial charge in [-0.2, -0.15) is 0 Å². The number of rotatable bonds is 3. The van der Waals surface area contributed by atoms with Crippen molar-refractivity contribution in [1.82, 2.24) is 20.2 Å². The van der Waals surface area contributed by atoms with Gasteiger partial charge in [-0.05, 0) is 29.0 Å². The van der Waals surface area contributed by atoms with Crippen LogP contribution in [0.15, 0.2) is 40.5 Å². The van der Waals surface area contributed by atoms with Gasteiger partial charge in [0.25, 0.3) is 5.56 Å². The first-order valence-corrected chi connectivity index (χ1v) is 9.01. The minimum atomic E-state index is -0.253. The summed E-state index contributed by atoms with van der Waals surface area (Å²) in [5, 5.41) is 5.14. The van der Waals surface area contributed by atoms with Crippen LogP contribution in [0.1, 0.15) is 17.0 Å². The van der Waals surface area contributed by atoms with Crippen molar-refractivity contribution in [2.45, 2.75) is 25.6 Å². The lowest BCUT2D eigenvalue weighted by Gasteiger charge is -2.28. The molecule has 7 heteroatoms. The zero-order valence-corrected chi connectivity index (χ0v) is 14.6. The molecule has 0 aliphatic carbocycles. The normalized spacial score (nSPS) is 16.6. The third-order valence-electron chi connectivity index (χ3n) is 4.51. The molecule has 1 atom stereocenters. The first-order chi connectivity index (χ1) is 12.1. The smallest absolute Gasteiger partial charge is 0.268 e. The minimum Gasteiger partial charge on any atom is -0.337 e. The van der Waals surface area contributed by atoms with E-state index in [2.05, 4.69) is 27.4 Å². The summed E-state index contributed by atoms with van der Waals surface area (Å²) < 4.78 is 0.614. The van der Waals surface area contributed by atoms with Crippen molar-refractivity contribution in [2.24, 2.45) is 0 Å². The summed E-state index contributed by atoms with van der Waals surface area (Å²) >= 11 is 1.37. The van der Waals surface area contributed by atoms with Crippen molar-refractivity contribution in [3.63, 3.8) is 0 Å². The van der Waals surface area contributed by atoms with E-state index < -0.39 is 0 Å². The number of benzene rings is 1. The largest absolute Gasteiger partial charge is 0.337 e. The Morgan fingerprint density at radius 2 is 2.12 bits per heavy atom. The fraction of sp³-hybridized carbons (Fsp3) is 0.278. The second kappa shape index (κ2) is 6.42. The highest BCUT2D eigenvalue weighted by Gasteiger charge is 2.26. The molecular weight excluding hydrogens is 336 g/mol. The van der Waals surface area contributed by atoms with Gasteiger partial charge in [0.05, 0.1) is 18.1 Å². The zero-order valence-electron chi connectivity index (χ0n) is 13.8. The third-order valence-corrected chi connectivity index (χ3v) is 5.41. The molecule has 1 aromatic carbocycles. The second-order valence-corrected chi connectivity index (χ2v) is 7.16. The van der Waals surface area contributed by atoms with Crippen LogP contribution in [0.2, 0.25) is 0 Å². The first-order valence-electron chi connectivity index (χ1n) is 8.13. The van der Waals surface area contributed by atoms with Gasteiger partial charge in [0, 0.05) is 13.6 Å². The lowest BCUT2D eigenvalue weighted by molar-refractivity contribution is -0.133. The molecule has 0 saturated heterocycles. The molecule has 0 saturated carbocycles. The van der Waals surface area contributed by atoms with Crippen LogP contribution in [0.25, 0.3) is 10.2 Å². The van der Waals surface area contributed by atoms with Crippen molar-refractivity contribution in [3.8, 4) is 0 Å². The molecule has 2 aromatic heterocycles. The van der Waals surface area contributed by atoms with Crippen LogP contribution < -0.4 is 10.9 Å². The molecule has 0 radical (unpaired) electrons. The van der Waals surface area contributed by atoms with Crippen molar-refractivity contribution in [1.29, 1.82) is 0 Å². The van der Waals surface area contributed by atoms with E-state index in [4.69, 9.17) is 0 Å². The summed E-state index contributed by atoms with van der Waals surface area (Å²) in [6.07, 6.45) is 0.673. The molecule has 6 nitrogen and oxygen atoms in total. The molecule has 0 fully saturated rings. The molecule has 1 unspecified atom stereocenters. The highest BCUT2D eigenvalue weighted by atomic mass is 32.1. The predicted octanol–water partition coefficient (Wildman–Crippen LogP) is 1.66. The van der Waals surface area contributed by atoms with E-state index in [1.165, 1.54) is 22.5 Å². The molecule has 1 aliphatic rings. The highest BCUT2D eigenvalue weighted by molar-refractivity contribution is 7.17. The van der Waals surface area contributed by atoms with E-state index in [0.717, 1.165) is 0 Å². The molecule has 128 valence electrons. The summed E-state index contributed by atoms with van der Waals surface area (Å²) in [6, 6.07) is 9.73. The van der Waals surface area contributed by atoms with E-state index >= 15 is 0 Å². The Bertz CT molecular complexity index is 994. The number of amides is 1. The van der Waals surface area contributed by atoms with Crippen molar-refractivity contribution in [2.75, 3.05) is 7.05 Å². The Kier molecular flexibility index (Phi) is 4.10. The topological polar surface area (TPSA) is 78.1 Å². The van der Waals surface area contributed by atoms with Crippen LogP contribution in [-0.4, -0.2) is 33.9 Å². The molecular formula is C18H18N4O2S. The number of nitrogens with zero attached hydrogens (tertiary/aromatic N) is 2. The highest BCUT2D eigenvalue weighted by Crippen LogP contribution is 2.18. The summed E-state index contributed by atoms with van der Waals surface area (Å²) in [7, 11) is 1.74. The van der Waals surface area contributed by atoms with E-state index in [0.29, 0.717) is 29.0 Å². The molecule has 1 aliphatic heterocycles. The van der Waals surface area contributed by atoms with Crippen LogP contribution in [-0.2, 0) is 24.3 Å². The number of thiophene rings is 1. The SMILES string of the molecule is CN(Cc1nc2ccsc2c(=O)[nH]1)C(=O)C1Cc2ccccc2CN1. The van der Waals surface area contributed by atoms with Gasteiger partial charge >= 0.3 is 0 Å². The standard InChI is InChI=1S/C18H18N4O2S/c1-22(10-15-20-13-6-7-25-16(13)17(23)21-15)18(24)14-8-11-4-2-3-5-12(11)9-19-14/h2-7,14,19H,8-10H2,1H3,(H,20,21,23). The fourth-order valence-electron chi connectivity index (χ4n) is 3.19. The molecule has 1 amide bonds. The van der Waals surface area contributed by atoms with Crippen molar-refractivity contribution < 1.29 is 4.79 Å². The number of nitrogens with one attached hydrogen (secondary N) is 2. The number of carbonyl (C=O) groups excluding carboxylic acids is 1. The Balaban J connectivity index is 1.49. The lowest BCUT2D eigenvalue weighted by Crippen LogP contribution is -2.48. The Morgan fingerprint density at radius 3 is 2.96 bits per heavy atom. The van der Waals surface area contributed by atoms with Crippen LogP contribution >= 0.6 is 11.3 Å². The molecule has 2 N–H and O–H groups in total. The number of likely N-dealkylation sites (N-methyl/N-ethyl adjacent to an activating group) is 1. The van der Waals surface area contributed by atoms with Crippen LogP contribution in [0, 0.1) is 0 Å². The lowest BCUT2D eigenvalue weighted by atomic mass is 9.95. The number of aromatic amines is 1. The van der Waals surface area contributed by atoms with Crippen LogP contribution in [0.4, 0.5) is 0 Å². The third kappa shape index (κ3) is 3.08. The van der Waals surface area contributed by atoms with Crippen LogP contribution in [0.3, 0.4) is 0 Å². The molecule has 0 bridgehead atoms. The summed E-state index contributed by atoms with van der Waals surface area (Å²) in [5.74, 6) is 0.505. The molecule has 0 spiro atoms. The van der Waals surface area contributed by atoms with Gasteiger partial charge in [0.15, 0.2) is 0 Å². The summed E-state index contributed by atoms with van der Waals surface area (Å²) in [4.78, 5) is 33.6. The number of fused-ring (bicyclic) bond motifs is 2. The monoisotopic (exact) mass is 354 g/mol. The molecule has 3 heterocycles. The second-order valence-electron chi connectivity index (χ2n) is 6.25. The average Bonchev–Trinajstić information content (AvgIpc) is 3.09. The quantitative estimate of drug-likeness (QED) is 0.750. The van der Waals surface area contributed by atoms with Crippen molar-refractivity contribution in [3.05, 3.63) is 63.0 Å². The Labute approximate surface area is 148 Å². The Morgan fingerprint density at radius 1 is 1.32 bits per heavy atom. The number of carbonyl (C=O) groups is 1. The van der Waals surface area contributed by atoms with Gasteiger partial charge in [0.1, 0.15) is 10.5 Å². The molecule has 4 rings (SSSR count). The number of hydrogen-bond acceptors (Lipinski definition) is 5. The maximum Gasteiger partial charge on any atom is 0.268 e. The maximum absolute atomic E-state index is 12.8. The Hall–Kier alpha value is -2.51. The van der Waals surface area contributed by atoms with Gasteiger partial charge < -0.3 is 15.2 Å². The van der Waals surface area contributed by atoms with E-state index in [-0.39, 0.29) is 24.1 Å². The van der Waals surface area contributed by atoms with E-state index in [1.807, 2.05) is 23.6 Å². The molecule has 25 heavy (non-hydrogen) atoms. The number of hydrogen-bond donors (Lipinski definition) is 2. The average molecular weight is 354 g/mol. The van der Waals surface area contributed by atoms with Gasteiger partial charge in [0.2, 0.25) is 5.91 Å². The number of H-pyrrole nitrogens is 1. The van der Waals surface area contributed by atoms with Gasteiger partial charge in [-0.25, -0.2) is 4.98 Å². The van der Waals surface area contributed by atoms with E-state index in [1.54, 1.807) is 11.9 Å². The van der Waals surface area contributed by atoms with Gasteiger partial charge in [-0.1, -0.05) is 24.3 Å². The zero-order chi connectivity index (χ0) is 17.4. The fourth-order valence-corrected chi connectivity index (χ4v) is 3.92.